The predicted molar refractivity (Wildman–Crippen MR) is 68.5 cm³/mol. The summed E-state index contributed by atoms with van der Waals surface area (Å²) in [6, 6.07) is 0. The number of sulfonamides is 1. The first kappa shape index (κ1) is 13.5. The number of aryl methyl sites for hydroxylation is 1. The highest BCUT2D eigenvalue weighted by atomic mass is 32.2. The van der Waals surface area contributed by atoms with Gasteiger partial charge < -0.3 is 0 Å². The van der Waals surface area contributed by atoms with E-state index in [0.717, 1.165) is 18.7 Å². The average molecular weight is 272 g/mol. The van der Waals surface area contributed by atoms with Crippen molar-refractivity contribution in [1.29, 1.82) is 0 Å². The van der Waals surface area contributed by atoms with Crippen molar-refractivity contribution in [3.8, 4) is 0 Å². The molecule has 0 amide bonds. The molecule has 1 aliphatic rings. The van der Waals surface area contributed by atoms with Gasteiger partial charge in [0.25, 0.3) is 0 Å². The molecule has 0 spiro atoms. The Morgan fingerprint density at radius 3 is 2.78 bits per heavy atom. The zero-order valence-corrected chi connectivity index (χ0v) is 11.5. The molecule has 6 nitrogen and oxygen atoms in total. The highest BCUT2D eigenvalue weighted by Gasteiger charge is 2.22. The van der Waals surface area contributed by atoms with E-state index in [1.54, 1.807) is 11.7 Å². The molecule has 1 aromatic rings. The molecule has 2 rings (SSSR count). The Balaban J connectivity index is 1.76. The SMILES string of the molecule is Cn1ncnc1CCNS(=O)(=O)CC1CCCC1. The summed E-state index contributed by atoms with van der Waals surface area (Å²) in [7, 11) is -1.34. The second kappa shape index (κ2) is 5.79. The van der Waals surface area contributed by atoms with Crippen LogP contribution in [0.2, 0.25) is 0 Å². The molecule has 0 atom stereocenters. The first-order chi connectivity index (χ1) is 8.57. The van der Waals surface area contributed by atoms with E-state index in [9.17, 15) is 8.42 Å². The van der Waals surface area contributed by atoms with Gasteiger partial charge in [-0.3, -0.25) is 4.68 Å². The van der Waals surface area contributed by atoms with Crippen LogP contribution in [-0.4, -0.2) is 35.5 Å². The summed E-state index contributed by atoms with van der Waals surface area (Å²) in [5.41, 5.74) is 0. The fourth-order valence-corrected chi connectivity index (χ4v) is 3.90. The smallest absolute Gasteiger partial charge is 0.211 e. The van der Waals surface area contributed by atoms with Crippen LogP contribution in [0.5, 0.6) is 0 Å². The average Bonchev–Trinajstić information content (AvgIpc) is 2.90. The minimum Gasteiger partial charge on any atom is -0.253 e. The van der Waals surface area contributed by atoms with Gasteiger partial charge in [-0.1, -0.05) is 12.8 Å². The summed E-state index contributed by atoms with van der Waals surface area (Å²) in [5.74, 6) is 1.40. The van der Waals surface area contributed by atoms with Crippen LogP contribution >= 0.6 is 0 Å². The minimum atomic E-state index is -3.14. The normalized spacial score (nSPS) is 17.4. The van der Waals surface area contributed by atoms with Crippen LogP contribution in [0, 0.1) is 5.92 Å². The Bertz CT molecular complexity index is 477. The maximum Gasteiger partial charge on any atom is 0.211 e. The van der Waals surface area contributed by atoms with E-state index in [-0.39, 0.29) is 5.75 Å². The van der Waals surface area contributed by atoms with Crippen molar-refractivity contribution < 1.29 is 8.42 Å². The monoisotopic (exact) mass is 272 g/mol. The molecule has 1 aliphatic carbocycles. The molecule has 7 heteroatoms. The molecule has 0 aliphatic heterocycles. The van der Waals surface area contributed by atoms with Gasteiger partial charge in [-0.25, -0.2) is 18.1 Å². The van der Waals surface area contributed by atoms with Crippen molar-refractivity contribution in [1.82, 2.24) is 19.5 Å². The van der Waals surface area contributed by atoms with Crippen molar-refractivity contribution in [2.24, 2.45) is 13.0 Å². The molecule has 18 heavy (non-hydrogen) atoms. The summed E-state index contributed by atoms with van der Waals surface area (Å²) in [6.45, 7) is 0.390. The summed E-state index contributed by atoms with van der Waals surface area (Å²) in [5, 5.41) is 3.94. The van der Waals surface area contributed by atoms with Crippen LogP contribution < -0.4 is 4.72 Å². The maximum absolute atomic E-state index is 11.8. The predicted octanol–water partition coefficient (Wildman–Crippen LogP) is 0.467. The second-order valence-electron chi connectivity index (χ2n) is 4.88. The van der Waals surface area contributed by atoms with Gasteiger partial charge in [-0.2, -0.15) is 5.10 Å². The summed E-state index contributed by atoms with van der Waals surface area (Å²) in [4.78, 5) is 4.06. The molecule has 0 bridgehead atoms. The Hall–Kier alpha value is -0.950. The molecule has 0 aromatic carbocycles. The third-order valence-corrected chi connectivity index (χ3v) is 4.96. The van der Waals surface area contributed by atoms with Crippen molar-refractivity contribution in [3.63, 3.8) is 0 Å². The standard InChI is InChI=1S/C11H20N4O2S/c1-15-11(12-9-13-15)6-7-14-18(16,17)8-10-4-2-3-5-10/h9-10,14H,2-8H2,1H3. The third kappa shape index (κ3) is 3.78. The summed E-state index contributed by atoms with van der Waals surface area (Å²) in [6.07, 6.45) is 6.47. The van der Waals surface area contributed by atoms with Gasteiger partial charge in [0.2, 0.25) is 10.0 Å². The molecule has 1 aromatic heterocycles. The lowest BCUT2D eigenvalue weighted by Crippen LogP contribution is -2.31. The van der Waals surface area contributed by atoms with Gasteiger partial charge in [0, 0.05) is 20.0 Å². The maximum atomic E-state index is 11.8. The van der Waals surface area contributed by atoms with Crippen LogP contribution in [0.4, 0.5) is 0 Å². The molecule has 1 saturated carbocycles. The Kier molecular flexibility index (Phi) is 4.34. The van der Waals surface area contributed by atoms with Gasteiger partial charge >= 0.3 is 0 Å². The van der Waals surface area contributed by atoms with E-state index in [4.69, 9.17) is 0 Å². The molecule has 102 valence electrons. The molecular weight excluding hydrogens is 252 g/mol. The van der Waals surface area contributed by atoms with Gasteiger partial charge in [0.15, 0.2) is 0 Å². The Morgan fingerprint density at radius 1 is 1.44 bits per heavy atom. The zero-order chi connectivity index (χ0) is 13.0. The van der Waals surface area contributed by atoms with Gasteiger partial charge in [-0.15, -0.1) is 0 Å². The lowest BCUT2D eigenvalue weighted by molar-refractivity contribution is 0.546. The second-order valence-corrected chi connectivity index (χ2v) is 6.73. The quantitative estimate of drug-likeness (QED) is 0.816. The van der Waals surface area contributed by atoms with Crippen molar-refractivity contribution in [2.75, 3.05) is 12.3 Å². The van der Waals surface area contributed by atoms with E-state index in [1.165, 1.54) is 19.2 Å². The highest BCUT2D eigenvalue weighted by Crippen LogP contribution is 2.25. The summed E-state index contributed by atoms with van der Waals surface area (Å²) < 4.78 is 28.0. The van der Waals surface area contributed by atoms with Crippen LogP contribution in [0.25, 0.3) is 0 Å². The van der Waals surface area contributed by atoms with Crippen LogP contribution in [0.15, 0.2) is 6.33 Å². The Morgan fingerprint density at radius 2 is 2.17 bits per heavy atom. The molecule has 0 unspecified atom stereocenters. The molecule has 1 fully saturated rings. The number of hydrogen-bond acceptors (Lipinski definition) is 4. The topological polar surface area (TPSA) is 76.9 Å². The fraction of sp³-hybridized carbons (Fsp3) is 0.818. The van der Waals surface area contributed by atoms with Gasteiger partial charge in [0.1, 0.15) is 12.2 Å². The van der Waals surface area contributed by atoms with Crippen LogP contribution in [-0.2, 0) is 23.5 Å². The van der Waals surface area contributed by atoms with E-state index >= 15 is 0 Å². The largest absolute Gasteiger partial charge is 0.253 e. The third-order valence-electron chi connectivity index (χ3n) is 3.41. The number of nitrogens with one attached hydrogen (secondary N) is 1. The van der Waals surface area contributed by atoms with Gasteiger partial charge in [-0.05, 0) is 18.8 Å². The lowest BCUT2D eigenvalue weighted by Gasteiger charge is -2.10. The fourth-order valence-electron chi connectivity index (χ4n) is 2.41. The number of hydrogen-bond donors (Lipinski definition) is 1. The number of nitrogens with zero attached hydrogens (tertiary/aromatic N) is 3. The zero-order valence-electron chi connectivity index (χ0n) is 10.7. The first-order valence-corrected chi connectivity index (χ1v) is 8.02. The first-order valence-electron chi connectivity index (χ1n) is 6.37. The van der Waals surface area contributed by atoms with E-state index < -0.39 is 10.0 Å². The lowest BCUT2D eigenvalue weighted by atomic mass is 10.1. The number of aromatic nitrogens is 3. The highest BCUT2D eigenvalue weighted by molar-refractivity contribution is 7.89. The molecule has 1 heterocycles. The van der Waals surface area contributed by atoms with Crippen molar-refractivity contribution >= 4 is 10.0 Å². The van der Waals surface area contributed by atoms with E-state index in [2.05, 4.69) is 14.8 Å². The van der Waals surface area contributed by atoms with Crippen LogP contribution in [0.1, 0.15) is 31.5 Å². The van der Waals surface area contributed by atoms with E-state index in [0.29, 0.717) is 18.9 Å². The summed E-state index contributed by atoms with van der Waals surface area (Å²) >= 11 is 0. The molecule has 1 N–H and O–H groups in total. The van der Waals surface area contributed by atoms with Crippen molar-refractivity contribution in [2.45, 2.75) is 32.1 Å². The Labute approximate surface area is 108 Å². The van der Waals surface area contributed by atoms with Gasteiger partial charge in [0.05, 0.1) is 5.75 Å². The molecule has 0 radical (unpaired) electrons. The number of rotatable bonds is 6. The molecular formula is C11H20N4O2S. The minimum absolute atomic E-state index is 0.270. The molecule has 0 saturated heterocycles. The van der Waals surface area contributed by atoms with Crippen molar-refractivity contribution in [3.05, 3.63) is 12.2 Å². The van der Waals surface area contributed by atoms with E-state index in [1.807, 2.05) is 0 Å². The van der Waals surface area contributed by atoms with Crippen LogP contribution in [0.3, 0.4) is 0 Å².